The van der Waals surface area contributed by atoms with E-state index in [-0.39, 0.29) is 11.8 Å². The van der Waals surface area contributed by atoms with Crippen LogP contribution in [0.3, 0.4) is 0 Å². The van der Waals surface area contributed by atoms with Gasteiger partial charge in [0.25, 0.3) is 0 Å². The zero-order chi connectivity index (χ0) is 8.27. The fraction of sp³-hybridized carbons (Fsp3) is 0.750. The third-order valence-electron chi connectivity index (χ3n) is 2.18. The summed E-state index contributed by atoms with van der Waals surface area (Å²) in [5.74, 6) is 0.262. The molecule has 0 spiro atoms. The molecule has 1 atom stereocenters. The third-order valence-corrected chi connectivity index (χ3v) is 2.18. The van der Waals surface area contributed by atoms with Gasteiger partial charge >= 0.3 is 0 Å². The zero-order valence-corrected chi connectivity index (χ0v) is 6.75. The summed E-state index contributed by atoms with van der Waals surface area (Å²) in [6.45, 7) is 0.724. The fourth-order valence-corrected chi connectivity index (χ4v) is 1.26. The second kappa shape index (κ2) is 3.51. The molecule has 0 aliphatic carbocycles. The number of hydrogen-bond acceptors (Lipinski definition) is 2. The molecule has 1 fully saturated rings. The second-order valence-corrected chi connectivity index (χ2v) is 3.04. The predicted molar refractivity (Wildman–Crippen MR) is 41.0 cm³/mol. The van der Waals surface area contributed by atoms with E-state index < -0.39 is 0 Å². The molecule has 1 amide bonds. The average molecular weight is 155 g/mol. The van der Waals surface area contributed by atoms with E-state index in [1.165, 1.54) is 0 Å². The van der Waals surface area contributed by atoms with Crippen molar-refractivity contribution in [3.63, 3.8) is 0 Å². The molecule has 1 aliphatic rings. The number of rotatable bonds is 1. The van der Waals surface area contributed by atoms with Crippen LogP contribution in [-0.4, -0.2) is 30.7 Å². The van der Waals surface area contributed by atoms with E-state index in [0.29, 0.717) is 6.42 Å². The standard InChI is InChI=1S/C8H13NO2/c1-9-5-4-7(6-10)2-3-8(9)11/h6-7H,2-5H2,1H3. The Balaban J connectivity index is 2.50. The Hall–Kier alpha value is -0.860. The summed E-state index contributed by atoms with van der Waals surface area (Å²) in [4.78, 5) is 23.2. The van der Waals surface area contributed by atoms with E-state index in [0.717, 1.165) is 25.7 Å². The molecular weight excluding hydrogens is 142 g/mol. The lowest BCUT2D eigenvalue weighted by atomic mass is 10.0. The first kappa shape index (κ1) is 8.24. The van der Waals surface area contributed by atoms with Crippen LogP contribution in [0.15, 0.2) is 0 Å². The molecule has 11 heavy (non-hydrogen) atoms. The third kappa shape index (κ3) is 2.03. The highest BCUT2D eigenvalue weighted by molar-refractivity contribution is 5.76. The van der Waals surface area contributed by atoms with E-state index in [9.17, 15) is 9.59 Å². The van der Waals surface area contributed by atoms with Crippen molar-refractivity contribution in [3.05, 3.63) is 0 Å². The van der Waals surface area contributed by atoms with Gasteiger partial charge in [-0.15, -0.1) is 0 Å². The highest BCUT2D eigenvalue weighted by atomic mass is 16.2. The second-order valence-electron chi connectivity index (χ2n) is 3.04. The molecule has 1 rings (SSSR count). The van der Waals surface area contributed by atoms with Crippen molar-refractivity contribution in [1.82, 2.24) is 4.90 Å². The molecule has 1 heterocycles. The Labute approximate surface area is 66.4 Å². The fourth-order valence-electron chi connectivity index (χ4n) is 1.26. The van der Waals surface area contributed by atoms with Gasteiger partial charge in [-0.05, 0) is 12.8 Å². The van der Waals surface area contributed by atoms with Gasteiger partial charge in [0, 0.05) is 25.9 Å². The lowest BCUT2D eigenvalue weighted by Gasteiger charge is -2.12. The van der Waals surface area contributed by atoms with Crippen molar-refractivity contribution in [2.45, 2.75) is 19.3 Å². The number of carbonyl (C=O) groups is 2. The molecule has 1 unspecified atom stereocenters. The van der Waals surface area contributed by atoms with Gasteiger partial charge in [-0.25, -0.2) is 0 Å². The zero-order valence-electron chi connectivity index (χ0n) is 6.75. The van der Waals surface area contributed by atoms with Crippen LogP contribution in [0.4, 0.5) is 0 Å². The van der Waals surface area contributed by atoms with Gasteiger partial charge in [-0.2, -0.15) is 0 Å². The lowest BCUT2D eigenvalue weighted by molar-refractivity contribution is -0.129. The maximum Gasteiger partial charge on any atom is 0.222 e. The van der Waals surface area contributed by atoms with Crippen molar-refractivity contribution < 1.29 is 9.59 Å². The van der Waals surface area contributed by atoms with Crippen molar-refractivity contribution in [2.75, 3.05) is 13.6 Å². The first-order chi connectivity index (χ1) is 5.24. The van der Waals surface area contributed by atoms with E-state index in [4.69, 9.17) is 0 Å². The van der Waals surface area contributed by atoms with Gasteiger partial charge in [-0.3, -0.25) is 4.79 Å². The molecule has 0 aromatic rings. The Morgan fingerprint density at radius 3 is 2.91 bits per heavy atom. The van der Waals surface area contributed by atoms with E-state index in [1.54, 1.807) is 11.9 Å². The van der Waals surface area contributed by atoms with Gasteiger partial charge in [0.05, 0.1) is 0 Å². The predicted octanol–water partition coefficient (Wildman–Crippen LogP) is 0.444. The molecule has 62 valence electrons. The number of hydrogen-bond donors (Lipinski definition) is 0. The summed E-state index contributed by atoms with van der Waals surface area (Å²) in [6, 6.07) is 0. The SMILES string of the molecule is CN1CCC(C=O)CCC1=O. The summed E-state index contributed by atoms with van der Waals surface area (Å²) in [7, 11) is 1.79. The van der Waals surface area contributed by atoms with Crippen LogP contribution in [-0.2, 0) is 9.59 Å². The number of carbonyl (C=O) groups excluding carboxylic acids is 2. The van der Waals surface area contributed by atoms with Gasteiger partial charge < -0.3 is 9.69 Å². The maximum atomic E-state index is 11.1. The Morgan fingerprint density at radius 1 is 1.55 bits per heavy atom. The first-order valence-electron chi connectivity index (χ1n) is 3.93. The van der Waals surface area contributed by atoms with Crippen LogP contribution in [0.25, 0.3) is 0 Å². The molecule has 0 radical (unpaired) electrons. The van der Waals surface area contributed by atoms with Crippen LogP contribution >= 0.6 is 0 Å². The summed E-state index contributed by atoms with van der Waals surface area (Å²) in [5.41, 5.74) is 0. The van der Waals surface area contributed by atoms with Gasteiger partial charge in [0.1, 0.15) is 6.29 Å². The number of likely N-dealkylation sites (tertiary alicyclic amines) is 1. The highest BCUT2D eigenvalue weighted by Gasteiger charge is 2.18. The molecular formula is C8H13NO2. The minimum atomic E-state index is 0.101. The normalized spacial score (nSPS) is 26.5. The average Bonchev–Trinajstić information content (AvgIpc) is 2.16. The Kier molecular flexibility index (Phi) is 2.63. The molecule has 0 aromatic heterocycles. The van der Waals surface area contributed by atoms with Gasteiger partial charge in [0.15, 0.2) is 0 Å². The molecule has 0 aromatic carbocycles. The molecule has 0 saturated carbocycles. The van der Waals surface area contributed by atoms with E-state index in [2.05, 4.69) is 0 Å². The van der Waals surface area contributed by atoms with E-state index in [1.807, 2.05) is 0 Å². The Bertz CT molecular complexity index is 167. The minimum absolute atomic E-state index is 0.101. The van der Waals surface area contributed by atoms with Crippen LogP contribution in [0.1, 0.15) is 19.3 Å². The topological polar surface area (TPSA) is 37.4 Å². The summed E-state index contributed by atoms with van der Waals surface area (Å²) in [6.07, 6.45) is 3.05. The lowest BCUT2D eigenvalue weighted by Crippen LogP contribution is -2.25. The molecule has 1 aliphatic heterocycles. The van der Waals surface area contributed by atoms with Crippen molar-refractivity contribution in [2.24, 2.45) is 5.92 Å². The highest BCUT2D eigenvalue weighted by Crippen LogP contribution is 2.14. The van der Waals surface area contributed by atoms with Crippen LogP contribution in [0.5, 0.6) is 0 Å². The van der Waals surface area contributed by atoms with Crippen LogP contribution in [0.2, 0.25) is 0 Å². The Morgan fingerprint density at radius 2 is 2.27 bits per heavy atom. The molecule has 0 bridgehead atoms. The number of aldehydes is 1. The summed E-state index contributed by atoms with van der Waals surface area (Å²) in [5, 5.41) is 0. The molecule has 1 saturated heterocycles. The largest absolute Gasteiger partial charge is 0.346 e. The van der Waals surface area contributed by atoms with Gasteiger partial charge in [0.2, 0.25) is 5.91 Å². The van der Waals surface area contributed by atoms with Crippen molar-refractivity contribution in [1.29, 1.82) is 0 Å². The van der Waals surface area contributed by atoms with Gasteiger partial charge in [-0.1, -0.05) is 0 Å². The minimum Gasteiger partial charge on any atom is -0.346 e. The molecule has 3 nitrogen and oxygen atoms in total. The molecule has 3 heteroatoms. The monoisotopic (exact) mass is 155 g/mol. The number of nitrogens with zero attached hydrogens (tertiary/aromatic N) is 1. The van der Waals surface area contributed by atoms with Crippen LogP contribution in [0, 0.1) is 5.92 Å². The summed E-state index contributed by atoms with van der Waals surface area (Å²) >= 11 is 0. The van der Waals surface area contributed by atoms with Crippen molar-refractivity contribution >= 4 is 12.2 Å². The quantitative estimate of drug-likeness (QED) is 0.515. The maximum absolute atomic E-state index is 11.1. The number of amides is 1. The summed E-state index contributed by atoms with van der Waals surface area (Å²) < 4.78 is 0. The molecule has 0 N–H and O–H groups in total. The van der Waals surface area contributed by atoms with Crippen molar-refractivity contribution in [3.8, 4) is 0 Å². The first-order valence-corrected chi connectivity index (χ1v) is 3.93. The van der Waals surface area contributed by atoms with Crippen LogP contribution < -0.4 is 0 Å². The van der Waals surface area contributed by atoms with E-state index >= 15 is 0 Å². The smallest absolute Gasteiger partial charge is 0.222 e.